The number of carbonyl (C=O) groups is 8. The molecule has 0 aromatic heterocycles. The van der Waals surface area contributed by atoms with Crippen LogP contribution < -0.4 is 5.32 Å². The summed E-state index contributed by atoms with van der Waals surface area (Å²) in [6.45, 7) is 6.50. The third kappa shape index (κ3) is 9.70. The Morgan fingerprint density at radius 2 is 1.42 bits per heavy atom. The zero-order valence-corrected chi connectivity index (χ0v) is 40.3. The Labute approximate surface area is 409 Å². The summed E-state index contributed by atoms with van der Waals surface area (Å²) in [5, 5.41) is 38.3. The summed E-state index contributed by atoms with van der Waals surface area (Å²) >= 11 is 0. The number of benzene rings is 3. The summed E-state index contributed by atoms with van der Waals surface area (Å²) < 4.78 is 36.5. The van der Waals surface area contributed by atoms with Gasteiger partial charge in [-0.25, -0.2) is 9.59 Å². The Hall–Kier alpha value is -6.80. The average molecular weight is 983 g/mol. The number of carboxylic acids is 1. The van der Waals surface area contributed by atoms with Gasteiger partial charge in [-0.1, -0.05) is 80.6 Å². The third-order valence-corrected chi connectivity index (χ3v) is 14.5. The lowest BCUT2D eigenvalue weighted by molar-refractivity contribution is -0.346. The molecule has 1 saturated heterocycles. The van der Waals surface area contributed by atoms with Gasteiger partial charge in [0.25, 0.3) is 5.91 Å². The normalized spacial score (nSPS) is 29.2. The molecule has 0 radical (unpaired) electrons. The molecule has 7 rings (SSSR count). The van der Waals surface area contributed by atoms with Crippen LogP contribution in [0.5, 0.6) is 0 Å². The minimum atomic E-state index is -2.50. The number of rotatable bonds is 15. The molecular weight excluding hydrogens is 925 g/mol. The van der Waals surface area contributed by atoms with E-state index < -0.39 is 138 Å². The highest BCUT2D eigenvalue weighted by Crippen LogP contribution is 2.64. The summed E-state index contributed by atoms with van der Waals surface area (Å²) in [6.07, 6.45) is -11.1. The van der Waals surface area contributed by atoms with Crippen LogP contribution in [0.1, 0.15) is 86.7 Å². The molecule has 1 unspecified atom stereocenters. The number of esters is 5. The van der Waals surface area contributed by atoms with Gasteiger partial charge in [0.2, 0.25) is 6.10 Å². The first kappa shape index (κ1) is 52.0. The molecule has 19 nitrogen and oxygen atoms in total. The molecule has 3 fully saturated rings. The number of aliphatic carboxylic acids is 1. The van der Waals surface area contributed by atoms with Gasteiger partial charge in [-0.3, -0.25) is 33.7 Å². The van der Waals surface area contributed by atoms with E-state index in [2.05, 4.69) is 5.32 Å². The van der Waals surface area contributed by atoms with Crippen molar-refractivity contribution in [2.24, 2.45) is 16.7 Å². The van der Waals surface area contributed by atoms with E-state index in [1.54, 1.807) is 66.7 Å². The number of likely N-dealkylation sites (N-methyl/N-ethyl adjacent to an activating group) is 1. The molecule has 71 heavy (non-hydrogen) atoms. The number of carboxylic acid groups (broad SMARTS) is 1. The zero-order valence-electron chi connectivity index (χ0n) is 40.3. The van der Waals surface area contributed by atoms with Crippen molar-refractivity contribution in [1.82, 2.24) is 10.2 Å². The predicted octanol–water partition coefficient (Wildman–Crippen LogP) is 3.30. The van der Waals surface area contributed by atoms with E-state index in [0.29, 0.717) is 0 Å². The smallest absolute Gasteiger partial charge is 0.350 e. The highest BCUT2D eigenvalue weighted by atomic mass is 16.6. The largest absolute Gasteiger partial charge is 0.480 e. The number of aliphatic hydroxyl groups excluding tert-OH is 1. The number of nitrogens with zero attached hydrogens (tertiary/aromatic N) is 1. The summed E-state index contributed by atoms with van der Waals surface area (Å²) in [7, 11) is 1.33. The first-order valence-corrected chi connectivity index (χ1v) is 23.1. The SMILES string of the molecule is CC(=O)O[C@H]1C(=O)[C@@]2(C)C([C@H](OC(=O)c3ccccc3)[C@]3(O)C[C@H](OC(=O)[C@H](OC(=O)CN(C)CC(=O)O)[C@@H](NC(=O)c4ccccc4)c4ccccc4)C(C)=C1C3(C)C)[C@]1(OC(C)=O)CO[C@@H]1C[C@@H]2O. The van der Waals surface area contributed by atoms with E-state index in [1.165, 1.54) is 59.0 Å². The number of hydrogen-bond acceptors (Lipinski definition) is 17. The van der Waals surface area contributed by atoms with Gasteiger partial charge in [0.1, 0.15) is 30.0 Å². The number of hydrogen-bond donors (Lipinski definition) is 4. The van der Waals surface area contributed by atoms with Crippen LogP contribution in [0.15, 0.2) is 102 Å². The molecule has 11 atom stereocenters. The topological polar surface area (TPSA) is 268 Å². The first-order valence-electron chi connectivity index (χ1n) is 23.1. The van der Waals surface area contributed by atoms with E-state index >= 15 is 9.59 Å². The van der Waals surface area contributed by atoms with Gasteiger partial charge in [0.15, 0.2) is 17.5 Å². The second-order valence-electron chi connectivity index (χ2n) is 19.4. The molecule has 378 valence electrons. The number of ether oxygens (including phenoxy) is 6. The number of fused-ring (bicyclic) bond motifs is 5. The van der Waals surface area contributed by atoms with Crippen LogP contribution in [-0.2, 0) is 57.2 Å². The Balaban J connectivity index is 1.42. The summed E-state index contributed by atoms with van der Waals surface area (Å²) in [5.41, 5.74) is -7.75. The minimum absolute atomic E-state index is 0.0231. The molecule has 1 aliphatic heterocycles. The lowest BCUT2D eigenvalue weighted by Crippen LogP contribution is -2.82. The molecule has 3 aliphatic carbocycles. The van der Waals surface area contributed by atoms with Crippen molar-refractivity contribution < 1.29 is 82.1 Å². The van der Waals surface area contributed by atoms with Crippen molar-refractivity contribution in [1.29, 1.82) is 0 Å². The number of amides is 1. The van der Waals surface area contributed by atoms with E-state index in [0.717, 1.165) is 18.7 Å². The van der Waals surface area contributed by atoms with Crippen LogP contribution in [0.3, 0.4) is 0 Å². The Bertz CT molecular complexity index is 2600. The van der Waals surface area contributed by atoms with Crippen molar-refractivity contribution in [2.45, 2.75) is 108 Å². The fourth-order valence-electron chi connectivity index (χ4n) is 11.0. The fourth-order valence-corrected chi connectivity index (χ4v) is 11.0. The number of Topliss-reactive ketones (excluding diaryl/α,β-unsaturated/α-hetero) is 1. The van der Waals surface area contributed by atoms with E-state index in [4.69, 9.17) is 28.4 Å². The number of ketones is 1. The van der Waals surface area contributed by atoms with Crippen molar-refractivity contribution in [3.63, 3.8) is 0 Å². The minimum Gasteiger partial charge on any atom is -0.480 e. The summed E-state index contributed by atoms with van der Waals surface area (Å²) in [5.74, 6) is -9.62. The fraction of sp³-hybridized carbons (Fsp3) is 0.462. The quantitative estimate of drug-likeness (QED) is 0.0967. The molecule has 1 amide bonds. The second-order valence-corrected chi connectivity index (χ2v) is 19.4. The van der Waals surface area contributed by atoms with Crippen LogP contribution in [0.4, 0.5) is 0 Å². The number of aliphatic hydroxyl groups is 2. The summed E-state index contributed by atoms with van der Waals surface area (Å²) in [4.78, 5) is 112. The van der Waals surface area contributed by atoms with Gasteiger partial charge in [-0.2, -0.15) is 0 Å². The predicted molar refractivity (Wildman–Crippen MR) is 247 cm³/mol. The van der Waals surface area contributed by atoms with Gasteiger partial charge < -0.3 is 49.1 Å². The van der Waals surface area contributed by atoms with Gasteiger partial charge in [-0.15, -0.1) is 0 Å². The molecule has 2 bridgehead atoms. The van der Waals surface area contributed by atoms with Crippen molar-refractivity contribution in [3.05, 3.63) is 119 Å². The zero-order chi connectivity index (χ0) is 51.8. The molecule has 1 heterocycles. The molecular formula is C52H58N2O17. The molecule has 4 N–H and O–H groups in total. The molecule has 19 heteroatoms. The Morgan fingerprint density at radius 1 is 0.831 bits per heavy atom. The number of nitrogens with one attached hydrogen (secondary N) is 1. The van der Waals surface area contributed by atoms with E-state index in [1.807, 2.05) is 0 Å². The van der Waals surface area contributed by atoms with Crippen LogP contribution in [0, 0.1) is 16.7 Å². The van der Waals surface area contributed by atoms with Gasteiger partial charge in [-0.05, 0) is 61.9 Å². The van der Waals surface area contributed by atoms with E-state index in [9.17, 15) is 44.1 Å². The molecule has 3 aromatic rings. The standard InChI is InChI=1S/C52H58N2O17/c1-28-34(68-48(64)42(69-38(60)26-54(7)25-37(58)59)40(31-17-11-8-12-18-31)53-46(62)32-19-13-9-14-20-32)24-52(65)45(70-47(63)33-21-15-10-16-22-33)43-50(6,35(57)23-36-51(43,27-66-36)71-30(3)56)44(61)41(67-29(2)55)39(28)49(52,4)5/h8-22,34-36,40-43,45,57,65H,23-27H2,1-7H3,(H,53,62)(H,58,59)/t34-,35-,36+,40-,41+,42+,43?,45-,50+,51-,52+/m0/s1. The first-order chi connectivity index (χ1) is 33.5. The molecule has 0 spiro atoms. The monoisotopic (exact) mass is 982 g/mol. The van der Waals surface area contributed by atoms with Crippen LogP contribution in [0.2, 0.25) is 0 Å². The van der Waals surface area contributed by atoms with Crippen molar-refractivity contribution in [3.8, 4) is 0 Å². The molecule has 2 saturated carbocycles. The third-order valence-electron chi connectivity index (χ3n) is 14.5. The van der Waals surface area contributed by atoms with Crippen molar-refractivity contribution in [2.75, 3.05) is 26.7 Å². The maximum Gasteiger partial charge on any atom is 0.350 e. The summed E-state index contributed by atoms with van der Waals surface area (Å²) in [6, 6.07) is 22.2. The lowest BCUT2D eigenvalue weighted by Gasteiger charge is -2.67. The molecule has 3 aromatic carbocycles. The maximum atomic E-state index is 15.7. The van der Waals surface area contributed by atoms with Gasteiger partial charge in [0.05, 0.1) is 42.7 Å². The van der Waals surface area contributed by atoms with Crippen LogP contribution in [0.25, 0.3) is 0 Å². The second kappa shape index (κ2) is 20.1. The highest BCUT2D eigenvalue weighted by Gasteiger charge is 2.78. The lowest BCUT2D eigenvalue weighted by atomic mass is 9.44. The molecule has 4 aliphatic rings. The number of carbonyl (C=O) groups excluding carboxylic acids is 7. The maximum absolute atomic E-state index is 15.7. The van der Waals surface area contributed by atoms with Crippen molar-refractivity contribution >= 4 is 47.5 Å². The Morgan fingerprint density at radius 3 is 1.97 bits per heavy atom. The average Bonchev–Trinajstić information content (AvgIpc) is 3.31. The highest BCUT2D eigenvalue weighted by molar-refractivity contribution is 5.96. The van der Waals surface area contributed by atoms with Gasteiger partial charge in [0, 0.05) is 37.7 Å². The Kier molecular flexibility index (Phi) is 14.8. The van der Waals surface area contributed by atoms with Crippen LogP contribution >= 0.6 is 0 Å². The van der Waals surface area contributed by atoms with E-state index in [-0.39, 0.29) is 40.9 Å². The van der Waals surface area contributed by atoms with Crippen LogP contribution in [-0.4, -0.2) is 142 Å². The van der Waals surface area contributed by atoms with Gasteiger partial charge >= 0.3 is 35.8 Å².